The van der Waals surface area contributed by atoms with E-state index in [9.17, 15) is 9.59 Å². The first kappa shape index (κ1) is 19.6. The Morgan fingerprint density at radius 1 is 1.11 bits per heavy atom. The number of nitrogens with one attached hydrogen (secondary N) is 2. The Hall–Kier alpha value is -3.19. The van der Waals surface area contributed by atoms with Crippen LogP contribution >= 0.6 is 11.3 Å². The van der Waals surface area contributed by atoms with Gasteiger partial charge in [-0.2, -0.15) is 0 Å². The van der Waals surface area contributed by atoms with Crippen molar-refractivity contribution >= 4 is 34.6 Å². The van der Waals surface area contributed by atoms with Gasteiger partial charge >= 0.3 is 5.97 Å². The second-order valence-electron chi connectivity index (χ2n) is 6.20. The van der Waals surface area contributed by atoms with Gasteiger partial charge in [-0.05, 0) is 31.2 Å². The highest BCUT2D eigenvalue weighted by atomic mass is 32.1. The van der Waals surface area contributed by atoms with Crippen molar-refractivity contribution in [2.75, 3.05) is 17.7 Å². The number of nitrogens with zero attached hydrogens (tertiary/aromatic N) is 1. The van der Waals surface area contributed by atoms with Gasteiger partial charge in [0.1, 0.15) is 11.6 Å². The Morgan fingerprint density at radius 2 is 1.86 bits per heavy atom. The molecule has 1 amide bonds. The van der Waals surface area contributed by atoms with E-state index in [4.69, 9.17) is 4.74 Å². The Kier molecular flexibility index (Phi) is 6.39. The standard InChI is InChI=1S/C21H21N3O3S/c1-14-7-9-15(10-8-14)23-19(25)11-20-24-16(13-28-20)12-27-21(26)17-5-3-4-6-18(17)22-2/h3-10,13,22H,11-12H2,1-2H3,(H,23,25). The minimum atomic E-state index is -0.420. The molecule has 0 radical (unpaired) electrons. The number of anilines is 2. The van der Waals surface area contributed by atoms with Gasteiger partial charge in [-0.15, -0.1) is 11.3 Å². The molecule has 0 bridgehead atoms. The van der Waals surface area contributed by atoms with Crippen LogP contribution in [0, 0.1) is 6.92 Å². The van der Waals surface area contributed by atoms with Crippen LogP contribution in [0.2, 0.25) is 0 Å². The summed E-state index contributed by atoms with van der Waals surface area (Å²) in [6, 6.07) is 14.8. The van der Waals surface area contributed by atoms with Crippen LogP contribution in [-0.4, -0.2) is 23.9 Å². The zero-order valence-corrected chi connectivity index (χ0v) is 16.5. The van der Waals surface area contributed by atoms with Crippen LogP contribution in [0.3, 0.4) is 0 Å². The minimum absolute atomic E-state index is 0.0625. The number of carbonyl (C=O) groups excluding carboxylic acids is 2. The van der Waals surface area contributed by atoms with Crippen molar-refractivity contribution in [3.8, 4) is 0 Å². The first-order valence-electron chi connectivity index (χ1n) is 8.79. The van der Waals surface area contributed by atoms with Crippen molar-refractivity contribution in [3.63, 3.8) is 0 Å². The Balaban J connectivity index is 1.53. The van der Waals surface area contributed by atoms with Crippen LogP contribution in [-0.2, 0) is 22.6 Å². The fourth-order valence-corrected chi connectivity index (χ4v) is 3.35. The molecule has 1 heterocycles. The molecule has 7 heteroatoms. The van der Waals surface area contributed by atoms with Crippen LogP contribution in [0.4, 0.5) is 11.4 Å². The van der Waals surface area contributed by atoms with Gasteiger partial charge in [-0.1, -0.05) is 29.8 Å². The van der Waals surface area contributed by atoms with Crippen molar-refractivity contribution in [3.05, 3.63) is 75.7 Å². The molecule has 2 aromatic carbocycles. The van der Waals surface area contributed by atoms with Gasteiger partial charge in [0.2, 0.25) is 5.91 Å². The maximum Gasteiger partial charge on any atom is 0.340 e. The minimum Gasteiger partial charge on any atom is -0.455 e. The van der Waals surface area contributed by atoms with Gasteiger partial charge in [-0.3, -0.25) is 4.79 Å². The first-order chi connectivity index (χ1) is 13.5. The van der Waals surface area contributed by atoms with Crippen molar-refractivity contribution in [2.45, 2.75) is 20.0 Å². The van der Waals surface area contributed by atoms with E-state index < -0.39 is 5.97 Å². The molecular formula is C21H21N3O3S. The molecule has 3 rings (SSSR count). The third kappa shape index (κ3) is 5.17. The van der Waals surface area contributed by atoms with E-state index in [1.54, 1.807) is 24.6 Å². The number of hydrogen-bond acceptors (Lipinski definition) is 6. The number of carbonyl (C=O) groups is 2. The summed E-state index contributed by atoms with van der Waals surface area (Å²) < 4.78 is 5.35. The number of esters is 1. The average molecular weight is 395 g/mol. The third-order valence-corrected chi connectivity index (χ3v) is 4.91. The number of thiazole rings is 1. The van der Waals surface area contributed by atoms with E-state index in [-0.39, 0.29) is 18.9 Å². The molecule has 144 valence electrons. The molecule has 2 N–H and O–H groups in total. The second kappa shape index (κ2) is 9.14. The number of aryl methyl sites for hydroxylation is 1. The molecule has 0 unspecified atom stereocenters. The lowest BCUT2D eigenvalue weighted by atomic mass is 10.2. The SMILES string of the molecule is CNc1ccccc1C(=O)OCc1csc(CC(=O)Nc2ccc(C)cc2)n1. The molecule has 1 aromatic heterocycles. The quantitative estimate of drug-likeness (QED) is 0.591. The van der Waals surface area contributed by atoms with Gasteiger partial charge in [0, 0.05) is 23.8 Å². The Morgan fingerprint density at radius 3 is 2.61 bits per heavy atom. The number of hydrogen-bond donors (Lipinski definition) is 2. The lowest BCUT2D eigenvalue weighted by Gasteiger charge is -2.08. The number of rotatable bonds is 7. The summed E-state index contributed by atoms with van der Waals surface area (Å²) in [5.41, 5.74) is 3.69. The number of benzene rings is 2. The molecule has 0 fully saturated rings. The number of para-hydroxylation sites is 1. The molecule has 3 aromatic rings. The molecule has 0 atom stereocenters. The normalized spacial score (nSPS) is 10.4. The van der Waals surface area contributed by atoms with Gasteiger partial charge in [-0.25, -0.2) is 9.78 Å². The van der Waals surface area contributed by atoms with E-state index in [0.717, 1.165) is 11.3 Å². The van der Waals surface area contributed by atoms with Crippen LogP contribution in [0.25, 0.3) is 0 Å². The summed E-state index contributed by atoms with van der Waals surface area (Å²) >= 11 is 1.37. The largest absolute Gasteiger partial charge is 0.455 e. The molecule has 28 heavy (non-hydrogen) atoms. The summed E-state index contributed by atoms with van der Waals surface area (Å²) in [6.45, 7) is 2.06. The predicted octanol–water partition coefficient (Wildman–Crippen LogP) is 4.03. The van der Waals surface area contributed by atoms with Crippen molar-refractivity contribution < 1.29 is 14.3 Å². The highest BCUT2D eigenvalue weighted by Gasteiger charge is 2.13. The van der Waals surface area contributed by atoms with Crippen LogP contribution in [0.15, 0.2) is 53.9 Å². The monoisotopic (exact) mass is 395 g/mol. The summed E-state index contributed by atoms with van der Waals surface area (Å²) in [7, 11) is 1.75. The van der Waals surface area contributed by atoms with E-state index >= 15 is 0 Å². The predicted molar refractivity (Wildman–Crippen MR) is 111 cm³/mol. The molecule has 6 nitrogen and oxygen atoms in total. The lowest BCUT2D eigenvalue weighted by molar-refractivity contribution is -0.115. The number of aromatic nitrogens is 1. The smallest absolute Gasteiger partial charge is 0.340 e. The van der Waals surface area contributed by atoms with Crippen LogP contribution in [0.1, 0.15) is 26.6 Å². The molecule has 0 aliphatic rings. The van der Waals surface area contributed by atoms with E-state index in [1.165, 1.54) is 11.3 Å². The average Bonchev–Trinajstić information content (AvgIpc) is 3.15. The summed E-state index contributed by atoms with van der Waals surface area (Å²) in [4.78, 5) is 28.8. The van der Waals surface area contributed by atoms with Crippen LogP contribution in [0.5, 0.6) is 0 Å². The Bertz CT molecular complexity index is 967. The van der Waals surface area contributed by atoms with E-state index in [2.05, 4.69) is 15.6 Å². The number of ether oxygens (including phenoxy) is 1. The topological polar surface area (TPSA) is 80.3 Å². The van der Waals surface area contributed by atoms with E-state index in [0.29, 0.717) is 22.0 Å². The van der Waals surface area contributed by atoms with Crippen molar-refractivity contribution in [1.29, 1.82) is 0 Å². The van der Waals surface area contributed by atoms with Crippen molar-refractivity contribution in [1.82, 2.24) is 4.98 Å². The highest BCUT2D eigenvalue weighted by Crippen LogP contribution is 2.17. The summed E-state index contributed by atoms with van der Waals surface area (Å²) in [5.74, 6) is -0.554. The highest BCUT2D eigenvalue weighted by molar-refractivity contribution is 7.09. The second-order valence-corrected chi connectivity index (χ2v) is 7.14. The van der Waals surface area contributed by atoms with Gasteiger partial charge in [0.05, 0.1) is 17.7 Å². The first-order valence-corrected chi connectivity index (χ1v) is 9.67. The molecule has 0 spiro atoms. The molecule has 0 aliphatic heterocycles. The lowest BCUT2D eigenvalue weighted by Crippen LogP contribution is -2.14. The number of amides is 1. The molecule has 0 saturated carbocycles. The molecular weight excluding hydrogens is 374 g/mol. The zero-order valence-electron chi connectivity index (χ0n) is 15.7. The summed E-state index contributed by atoms with van der Waals surface area (Å²) in [5, 5.41) is 8.28. The fraction of sp³-hybridized carbons (Fsp3) is 0.190. The summed E-state index contributed by atoms with van der Waals surface area (Å²) in [6.07, 6.45) is 0.176. The fourth-order valence-electron chi connectivity index (χ4n) is 2.57. The van der Waals surface area contributed by atoms with E-state index in [1.807, 2.05) is 43.3 Å². The van der Waals surface area contributed by atoms with Crippen molar-refractivity contribution in [2.24, 2.45) is 0 Å². The Labute approximate surface area is 167 Å². The maximum absolute atomic E-state index is 12.3. The van der Waals surface area contributed by atoms with Gasteiger partial charge < -0.3 is 15.4 Å². The van der Waals surface area contributed by atoms with Crippen LogP contribution < -0.4 is 10.6 Å². The maximum atomic E-state index is 12.3. The third-order valence-electron chi connectivity index (χ3n) is 4.01. The zero-order chi connectivity index (χ0) is 19.9. The molecule has 0 saturated heterocycles. The molecule has 0 aliphatic carbocycles. The van der Waals surface area contributed by atoms with Gasteiger partial charge in [0.15, 0.2) is 0 Å². The van der Waals surface area contributed by atoms with Gasteiger partial charge in [0.25, 0.3) is 0 Å².